The van der Waals surface area contributed by atoms with Crippen molar-refractivity contribution in [3.63, 3.8) is 0 Å². The molecule has 0 saturated carbocycles. The summed E-state index contributed by atoms with van der Waals surface area (Å²) >= 11 is 0. The molecule has 2 amide bonds. The standard InChI is InChI=1S/C14H15N5O2/c1-19(2)11-5-3-4-10(8-11)13(20)17-18-14(21)12-9-15-6-7-16-12/h3-9H,1-2H3,(H,17,20)(H,18,21). The summed E-state index contributed by atoms with van der Waals surface area (Å²) in [5.41, 5.74) is 6.09. The second-order valence-electron chi connectivity index (χ2n) is 4.44. The molecule has 0 spiro atoms. The number of hydrogen-bond acceptors (Lipinski definition) is 5. The van der Waals surface area contributed by atoms with Gasteiger partial charge in [-0.2, -0.15) is 0 Å². The van der Waals surface area contributed by atoms with E-state index in [9.17, 15) is 9.59 Å². The average molecular weight is 285 g/mol. The first-order valence-electron chi connectivity index (χ1n) is 6.22. The third-order valence-electron chi connectivity index (χ3n) is 2.71. The summed E-state index contributed by atoms with van der Waals surface area (Å²) in [5.74, 6) is -0.934. The number of amides is 2. The lowest BCUT2D eigenvalue weighted by atomic mass is 10.2. The minimum absolute atomic E-state index is 0.125. The van der Waals surface area contributed by atoms with Gasteiger partial charge in [-0.3, -0.25) is 25.4 Å². The molecule has 7 heteroatoms. The van der Waals surface area contributed by atoms with Crippen molar-refractivity contribution in [3.05, 3.63) is 54.1 Å². The molecule has 0 unspecified atom stereocenters. The van der Waals surface area contributed by atoms with Crippen LogP contribution in [0.25, 0.3) is 0 Å². The minimum atomic E-state index is -0.528. The lowest BCUT2D eigenvalue weighted by molar-refractivity contribution is 0.0843. The van der Waals surface area contributed by atoms with E-state index in [0.29, 0.717) is 5.56 Å². The number of aromatic nitrogens is 2. The topological polar surface area (TPSA) is 87.2 Å². The van der Waals surface area contributed by atoms with Gasteiger partial charge in [0, 0.05) is 37.7 Å². The van der Waals surface area contributed by atoms with Crippen molar-refractivity contribution < 1.29 is 9.59 Å². The number of benzene rings is 1. The van der Waals surface area contributed by atoms with Crippen LogP contribution in [0.3, 0.4) is 0 Å². The van der Waals surface area contributed by atoms with E-state index in [1.807, 2.05) is 25.1 Å². The molecule has 2 aromatic rings. The fourth-order valence-electron chi connectivity index (χ4n) is 1.59. The van der Waals surface area contributed by atoms with Gasteiger partial charge in [-0.1, -0.05) is 6.07 Å². The van der Waals surface area contributed by atoms with Crippen LogP contribution >= 0.6 is 0 Å². The molecule has 21 heavy (non-hydrogen) atoms. The molecule has 108 valence electrons. The zero-order valence-corrected chi connectivity index (χ0v) is 11.7. The number of hydrazine groups is 1. The fourth-order valence-corrected chi connectivity index (χ4v) is 1.59. The normalized spacial score (nSPS) is 9.81. The van der Waals surface area contributed by atoms with Crippen LogP contribution in [0.5, 0.6) is 0 Å². The number of hydrogen-bond donors (Lipinski definition) is 2. The Morgan fingerprint density at radius 2 is 1.86 bits per heavy atom. The summed E-state index contributed by atoms with van der Waals surface area (Å²) in [6.07, 6.45) is 4.17. The van der Waals surface area contributed by atoms with Crippen molar-refractivity contribution in [1.82, 2.24) is 20.8 Å². The zero-order valence-electron chi connectivity index (χ0n) is 11.7. The Balaban J connectivity index is 1.99. The van der Waals surface area contributed by atoms with Crippen molar-refractivity contribution in [2.24, 2.45) is 0 Å². The predicted octanol–water partition coefficient (Wildman–Crippen LogP) is 0.617. The van der Waals surface area contributed by atoms with E-state index in [-0.39, 0.29) is 5.69 Å². The summed E-state index contributed by atoms with van der Waals surface area (Å²) in [7, 11) is 3.76. The molecular formula is C14H15N5O2. The van der Waals surface area contributed by atoms with Gasteiger partial charge in [-0.25, -0.2) is 4.98 Å². The summed E-state index contributed by atoms with van der Waals surface area (Å²) < 4.78 is 0. The van der Waals surface area contributed by atoms with E-state index >= 15 is 0 Å². The Labute approximate surface area is 122 Å². The van der Waals surface area contributed by atoms with Gasteiger partial charge in [-0.15, -0.1) is 0 Å². The summed E-state index contributed by atoms with van der Waals surface area (Å²) in [6, 6.07) is 7.05. The van der Waals surface area contributed by atoms with Crippen molar-refractivity contribution >= 4 is 17.5 Å². The second-order valence-corrected chi connectivity index (χ2v) is 4.44. The van der Waals surface area contributed by atoms with Gasteiger partial charge in [0.05, 0.1) is 6.20 Å². The highest BCUT2D eigenvalue weighted by molar-refractivity contribution is 5.98. The largest absolute Gasteiger partial charge is 0.378 e. The molecule has 2 rings (SSSR count). The van der Waals surface area contributed by atoms with Crippen LogP contribution in [0.2, 0.25) is 0 Å². The van der Waals surface area contributed by atoms with Crippen LogP contribution in [0.15, 0.2) is 42.9 Å². The van der Waals surface area contributed by atoms with Crippen molar-refractivity contribution in [1.29, 1.82) is 0 Å². The van der Waals surface area contributed by atoms with Gasteiger partial charge in [0.25, 0.3) is 11.8 Å². The van der Waals surface area contributed by atoms with Crippen molar-refractivity contribution in [2.45, 2.75) is 0 Å². The molecule has 1 aromatic carbocycles. The maximum absolute atomic E-state index is 12.0. The molecule has 0 atom stereocenters. The molecule has 0 aliphatic rings. The monoisotopic (exact) mass is 285 g/mol. The third kappa shape index (κ3) is 3.75. The number of anilines is 1. The molecule has 0 bridgehead atoms. The highest BCUT2D eigenvalue weighted by Gasteiger charge is 2.10. The van der Waals surface area contributed by atoms with Crippen LogP contribution < -0.4 is 15.8 Å². The number of nitrogens with zero attached hydrogens (tertiary/aromatic N) is 3. The van der Waals surface area contributed by atoms with Gasteiger partial charge in [0.2, 0.25) is 0 Å². The van der Waals surface area contributed by atoms with Crippen LogP contribution in [-0.2, 0) is 0 Å². The molecular weight excluding hydrogens is 270 g/mol. The van der Waals surface area contributed by atoms with Crippen LogP contribution in [0.1, 0.15) is 20.8 Å². The van der Waals surface area contributed by atoms with Crippen molar-refractivity contribution in [2.75, 3.05) is 19.0 Å². The minimum Gasteiger partial charge on any atom is -0.378 e. The predicted molar refractivity (Wildman–Crippen MR) is 77.7 cm³/mol. The molecule has 1 aromatic heterocycles. The first-order chi connectivity index (χ1) is 10.1. The van der Waals surface area contributed by atoms with E-state index in [1.54, 1.807) is 18.2 Å². The lowest BCUT2D eigenvalue weighted by Gasteiger charge is -2.13. The SMILES string of the molecule is CN(C)c1cccc(C(=O)NNC(=O)c2cnccn2)c1. The Bertz CT molecular complexity index is 643. The maximum Gasteiger partial charge on any atom is 0.289 e. The number of carbonyl (C=O) groups excluding carboxylic acids is 2. The Kier molecular flexibility index (Phi) is 4.45. The first kappa shape index (κ1) is 14.4. The van der Waals surface area contributed by atoms with E-state index in [4.69, 9.17) is 0 Å². The second kappa shape index (κ2) is 6.47. The lowest BCUT2D eigenvalue weighted by Crippen LogP contribution is -2.42. The molecule has 0 aliphatic heterocycles. The molecule has 0 saturated heterocycles. The van der Waals surface area contributed by atoms with Crippen LogP contribution in [0.4, 0.5) is 5.69 Å². The molecule has 0 aliphatic carbocycles. The first-order valence-corrected chi connectivity index (χ1v) is 6.22. The molecule has 1 heterocycles. The molecule has 0 fully saturated rings. The van der Waals surface area contributed by atoms with Gasteiger partial charge in [0.1, 0.15) is 5.69 Å². The van der Waals surface area contributed by atoms with E-state index in [1.165, 1.54) is 18.6 Å². The van der Waals surface area contributed by atoms with Gasteiger partial charge in [0.15, 0.2) is 0 Å². The highest BCUT2D eigenvalue weighted by Crippen LogP contribution is 2.12. The molecule has 7 nitrogen and oxygen atoms in total. The quantitative estimate of drug-likeness (QED) is 0.807. The summed E-state index contributed by atoms with van der Waals surface area (Å²) in [6.45, 7) is 0. The third-order valence-corrected chi connectivity index (χ3v) is 2.71. The number of carbonyl (C=O) groups is 2. The van der Waals surface area contributed by atoms with Gasteiger partial charge in [-0.05, 0) is 18.2 Å². The molecule has 2 N–H and O–H groups in total. The van der Waals surface area contributed by atoms with Gasteiger partial charge < -0.3 is 4.90 Å². The Hall–Kier alpha value is -2.96. The number of rotatable bonds is 3. The highest BCUT2D eigenvalue weighted by atomic mass is 16.2. The van der Waals surface area contributed by atoms with E-state index in [2.05, 4.69) is 20.8 Å². The van der Waals surface area contributed by atoms with Crippen LogP contribution in [-0.4, -0.2) is 35.9 Å². The average Bonchev–Trinajstić information content (AvgIpc) is 2.53. The van der Waals surface area contributed by atoms with Gasteiger partial charge >= 0.3 is 0 Å². The fraction of sp³-hybridized carbons (Fsp3) is 0.143. The Morgan fingerprint density at radius 1 is 1.10 bits per heavy atom. The number of nitrogens with one attached hydrogen (secondary N) is 2. The van der Waals surface area contributed by atoms with E-state index < -0.39 is 11.8 Å². The Morgan fingerprint density at radius 3 is 2.52 bits per heavy atom. The smallest absolute Gasteiger partial charge is 0.289 e. The summed E-state index contributed by atoms with van der Waals surface area (Å²) in [5, 5.41) is 0. The van der Waals surface area contributed by atoms with E-state index in [0.717, 1.165) is 5.69 Å². The maximum atomic E-state index is 12.0. The summed E-state index contributed by atoms with van der Waals surface area (Å²) in [4.78, 5) is 33.2. The molecule has 0 radical (unpaired) electrons. The van der Waals surface area contributed by atoms with Crippen molar-refractivity contribution in [3.8, 4) is 0 Å². The zero-order chi connectivity index (χ0) is 15.2. The van der Waals surface area contributed by atoms with Crippen LogP contribution in [0, 0.1) is 0 Å².